The molecule has 0 heterocycles. The fourth-order valence-electron chi connectivity index (χ4n) is 1.56. The second-order valence-corrected chi connectivity index (χ2v) is 5.57. The van der Waals surface area contributed by atoms with Crippen molar-refractivity contribution in [1.29, 1.82) is 0 Å². The van der Waals surface area contributed by atoms with Gasteiger partial charge in [-0.2, -0.15) is 0 Å². The van der Waals surface area contributed by atoms with E-state index in [4.69, 9.17) is 34.8 Å². The lowest BCUT2D eigenvalue weighted by atomic mass is 10.1. The van der Waals surface area contributed by atoms with Crippen LogP contribution < -0.4 is 0 Å². The van der Waals surface area contributed by atoms with Crippen LogP contribution in [0.25, 0.3) is 0 Å². The van der Waals surface area contributed by atoms with E-state index in [9.17, 15) is 0 Å². The van der Waals surface area contributed by atoms with Gasteiger partial charge in [0.15, 0.2) is 0 Å². The molecular formula is C7H11Cl3. The molecule has 0 saturated heterocycles. The minimum Gasteiger partial charge on any atom is -0.123 e. The number of hydrogen-bond donors (Lipinski definition) is 0. The Hall–Kier alpha value is 0.870. The Balaban J connectivity index is 2.72. The van der Waals surface area contributed by atoms with Crippen LogP contribution in [0.15, 0.2) is 0 Å². The average Bonchev–Trinajstić information content (AvgIpc) is 1.97. The zero-order valence-corrected chi connectivity index (χ0v) is 8.56. The molecule has 1 saturated carbocycles. The van der Waals surface area contributed by atoms with Gasteiger partial charge in [-0.1, -0.05) is 13.8 Å². The van der Waals surface area contributed by atoms with Gasteiger partial charge in [-0.3, -0.25) is 0 Å². The Bertz CT molecular complexity index is 135. The minimum atomic E-state index is -0.603. The van der Waals surface area contributed by atoms with Crippen LogP contribution in [-0.4, -0.2) is 9.71 Å². The summed E-state index contributed by atoms with van der Waals surface area (Å²) < 4.78 is -0.603. The SMILES string of the molecule is CC(Cl)C1C(C)(C)C1(Cl)Cl. The largest absolute Gasteiger partial charge is 0.128 e. The zero-order chi connectivity index (χ0) is 8.15. The van der Waals surface area contributed by atoms with E-state index in [0.717, 1.165) is 0 Å². The van der Waals surface area contributed by atoms with Gasteiger partial charge >= 0.3 is 0 Å². The Morgan fingerprint density at radius 2 is 1.60 bits per heavy atom. The highest BCUT2D eigenvalue weighted by atomic mass is 35.5. The second-order valence-electron chi connectivity index (χ2n) is 3.50. The Morgan fingerprint density at radius 1 is 1.30 bits per heavy atom. The summed E-state index contributed by atoms with van der Waals surface area (Å²) in [5.41, 5.74) is -0.0166. The molecule has 60 valence electrons. The maximum atomic E-state index is 5.97. The summed E-state index contributed by atoms with van der Waals surface area (Å²) >= 11 is 17.8. The van der Waals surface area contributed by atoms with Crippen LogP contribution in [0.1, 0.15) is 20.8 Å². The van der Waals surface area contributed by atoms with Crippen LogP contribution in [0.3, 0.4) is 0 Å². The lowest BCUT2D eigenvalue weighted by Gasteiger charge is -2.00. The highest BCUT2D eigenvalue weighted by molar-refractivity contribution is 6.52. The van der Waals surface area contributed by atoms with Gasteiger partial charge < -0.3 is 0 Å². The maximum absolute atomic E-state index is 5.97. The van der Waals surface area contributed by atoms with Crippen molar-refractivity contribution < 1.29 is 0 Å². The summed E-state index contributed by atoms with van der Waals surface area (Å²) in [6, 6.07) is 0. The van der Waals surface area contributed by atoms with Gasteiger partial charge in [0.1, 0.15) is 4.33 Å². The molecule has 0 aromatic rings. The zero-order valence-electron chi connectivity index (χ0n) is 6.29. The number of hydrogen-bond acceptors (Lipinski definition) is 0. The summed E-state index contributed by atoms with van der Waals surface area (Å²) in [7, 11) is 0. The van der Waals surface area contributed by atoms with Crippen LogP contribution in [0.4, 0.5) is 0 Å². The molecule has 0 radical (unpaired) electrons. The van der Waals surface area contributed by atoms with Gasteiger partial charge in [0.2, 0.25) is 0 Å². The van der Waals surface area contributed by atoms with Crippen molar-refractivity contribution in [2.45, 2.75) is 30.5 Å². The van der Waals surface area contributed by atoms with Crippen LogP contribution in [0, 0.1) is 11.3 Å². The van der Waals surface area contributed by atoms with Crippen molar-refractivity contribution in [2.75, 3.05) is 0 Å². The molecule has 0 bridgehead atoms. The molecule has 0 aliphatic heterocycles. The van der Waals surface area contributed by atoms with Crippen LogP contribution in [-0.2, 0) is 0 Å². The lowest BCUT2D eigenvalue weighted by Crippen LogP contribution is -2.00. The van der Waals surface area contributed by atoms with Crippen LogP contribution in [0.5, 0.6) is 0 Å². The highest BCUT2D eigenvalue weighted by Crippen LogP contribution is 2.70. The van der Waals surface area contributed by atoms with Crippen molar-refractivity contribution in [3.63, 3.8) is 0 Å². The number of rotatable bonds is 1. The molecule has 10 heavy (non-hydrogen) atoms. The topological polar surface area (TPSA) is 0 Å². The monoisotopic (exact) mass is 200 g/mol. The first-order valence-corrected chi connectivity index (χ1v) is 4.53. The predicted octanol–water partition coefficient (Wildman–Crippen LogP) is 3.44. The van der Waals surface area contributed by atoms with Crippen molar-refractivity contribution >= 4 is 34.8 Å². The van der Waals surface area contributed by atoms with E-state index in [1.165, 1.54) is 0 Å². The molecule has 2 atom stereocenters. The number of halogens is 3. The third-order valence-corrected chi connectivity index (χ3v) is 4.10. The molecule has 0 aromatic heterocycles. The van der Waals surface area contributed by atoms with Gasteiger partial charge in [-0.05, 0) is 6.92 Å². The van der Waals surface area contributed by atoms with Gasteiger partial charge in [0.05, 0.1) is 0 Å². The summed E-state index contributed by atoms with van der Waals surface area (Å²) in [6.45, 7) is 6.01. The highest BCUT2D eigenvalue weighted by Gasteiger charge is 2.71. The summed E-state index contributed by atoms with van der Waals surface area (Å²) in [6.07, 6.45) is 0. The molecule has 2 unspecified atom stereocenters. The molecule has 1 rings (SSSR count). The van der Waals surface area contributed by atoms with Crippen molar-refractivity contribution in [1.82, 2.24) is 0 Å². The third kappa shape index (κ3) is 0.964. The molecule has 0 amide bonds. The Labute approximate surface area is 76.8 Å². The van der Waals surface area contributed by atoms with E-state index in [-0.39, 0.29) is 16.7 Å². The van der Waals surface area contributed by atoms with Gasteiger partial charge in [0, 0.05) is 16.7 Å². The fourth-order valence-corrected chi connectivity index (χ4v) is 3.24. The van der Waals surface area contributed by atoms with E-state index >= 15 is 0 Å². The standard InChI is InChI=1S/C7H11Cl3/c1-4(8)5-6(2,3)7(5,9)10/h4-5H,1-3H3. The van der Waals surface area contributed by atoms with E-state index in [1.54, 1.807) is 0 Å². The van der Waals surface area contributed by atoms with E-state index in [0.29, 0.717) is 0 Å². The predicted molar refractivity (Wildman–Crippen MR) is 47.0 cm³/mol. The molecule has 1 fully saturated rings. The first-order valence-electron chi connectivity index (χ1n) is 3.33. The molecule has 0 N–H and O–H groups in total. The summed E-state index contributed by atoms with van der Waals surface area (Å²) in [5.74, 6) is 0.227. The van der Waals surface area contributed by atoms with E-state index < -0.39 is 4.33 Å². The number of alkyl halides is 3. The van der Waals surface area contributed by atoms with Crippen molar-refractivity contribution in [3.05, 3.63) is 0 Å². The van der Waals surface area contributed by atoms with Gasteiger partial charge in [-0.25, -0.2) is 0 Å². The first-order chi connectivity index (χ1) is 4.32. The van der Waals surface area contributed by atoms with Crippen molar-refractivity contribution in [3.8, 4) is 0 Å². The van der Waals surface area contributed by atoms with Crippen LogP contribution >= 0.6 is 34.8 Å². The summed E-state index contributed by atoms with van der Waals surface area (Å²) in [5, 5.41) is 0.0602. The maximum Gasteiger partial charge on any atom is 0.128 e. The molecule has 0 aromatic carbocycles. The molecule has 1 aliphatic carbocycles. The quantitative estimate of drug-likeness (QED) is 0.570. The van der Waals surface area contributed by atoms with E-state index in [1.807, 2.05) is 20.8 Å². The van der Waals surface area contributed by atoms with Gasteiger partial charge in [-0.15, -0.1) is 34.8 Å². The van der Waals surface area contributed by atoms with Gasteiger partial charge in [0.25, 0.3) is 0 Å². The molecule has 1 aliphatic rings. The Kier molecular flexibility index (Phi) is 1.95. The third-order valence-electron chi connectivity index (χ3n) is 2.40. The van der Waals surface area contributed by atoms with Crippen molar-refractivity contribution in [2.24, 2.45) is 11.3 Å². The normalized spacial score (nSPS) is 37.2. The molecular weight excluding hydrogens is 190 g/mol. The second kappa shape index (κ2) is 2.18. The first kappa shape index (κ1) is 8.96. The lowest BCUT2D eigenvalue weighted by molar-refractivity contribution is 0.551. The molecule has 0 nitrogen and oxygen atoms in total. The fraction of sp³-hybridized carbons (Fsp3) is 1.00. The summed E-state index contributed by atoms with van der Waals surface area (Å²) in [4.78, 5) is 0. The van der Waals surface area contributed by atoms with E-state index in [2.05, 4.69) is 0 Å². The smallest absolute Gasteiger partial charge is 0.123 e. The van der Waals surface area contributed by atoms with Crippen LogP contribution in [0.2, 0.25) is 0 Å². The minimum absolute atomic E-state index is 0.0166. The Morgan fingerprint density at radius 3 is 1.60 bits per heavy atom. The molecule has 0 spiro atoms. The average molecular weight is 202 g/mol. The molecule has 3 heteroatoms.